The van der Waals surface area contributed by atoms with E-state index in [1.54, 1.807) is 6.20 Å². The normalized spacial score (nSPS) is 19.2. The lowest BCUT2D eigenvalue weighted by Crippen LogP contribution is -2.45. The number of rotatable bonds is 3. The fourth-order valence-electron chi connectivity index (χ4n) is 4.09. The molecule has 2 aromatic carbocycles. The molecule has 2 heterocycles. The van der Waals surface area contributed by atoms with Crippen LogP contribution in [0.5, 0.6) is 0 Å². The van der Waals surface area contributed by atoms with E-state index in [1.165, 1.54) is 15.9 Å². The van der Waals surface area contributed by atoms with Gasteiger partial charge < -0.3 is 19.7 Å². The van der Waals surface area contributed by atoms with Crippen molar-refractivity contribution < 1.29 is 14.3 Å². The quantitative estimate of drug-likeness (QED) is 0.586. The third-order valence-electron chi connectivity index (χ3n) is 5.41. The van der Waals surface area contributed by atoms with Crippen LogP contribution in [0.3, 0.4) is 0 Å². The van der Waals surface area contributed by atoms with Crippen LogP contribution in [-0.2, 0) is 9.47 Å². The van der Waals surface area contributed by atoms with Crippen LogP contribution in [0.4, 0.5) is 21.9 Å². The Morgan fingerprint density at radius 3 is 2.50 bits per heavy atom. The summed E-state index contributed by atoms with van der Waals surface area (Å²) < 4.78 is 12.6. The minimum absolute atomic E-state index is 0.227. The standard InChI is InChI=1S/C25H32N4O3/c1-16-11-21(28-14-17(2)31-18(3)15-28)8-9-22(16)27-20-7-10-23-19(12-20)13-26-29(23)24(30)32-25(4,5)6/h7-13,17-18,27H,14-15H2,1-6H3. The maximum absolute atomic E-state index is 12.4. The lowest BCUT2D eigenvalue weighted by molar-refractivity contribution is -0.00522. The Balaban J connectivity index is 1.51. The summed E-state index contributed by atoms with van der Waals surface area (Å²) in [5.74, 6) is 0. The van der Waals surface area contributed by atoms with Crippen LogP contribution in [0.1, 0.15) is 40.2 Å². The second-order valence-corrected chi connectivity index (χ2v) is 9.60. The number of fused-ring (bicyclic) bond motifs is 1. The summed E-state index contributed by atoms with van der Waals surface area (Å²) >= 11 is 0. The van der Waals surface area contributed by atoms with Crippen molar-refractivity contribution in [3.63, 3.8) is 0 Å². The van der Waals surface area contributed by atoms with Crippen molar-refractivity contribution in [2.75, 3.05) is 23.3 Å². The summed E-state index contributed by atoms with van der Waals surface area (Å²) in [7, 11) is 0. The molecule has 0 radical (unpaired) electrons. The van der Waals surface area contributed by atoms with Crippen LogP contribution in [0.15, 0.2) is 42.6 Å². The summed E-state index contributed by atoms with van der Waals surface area (Å²) in [6.45, 7) is 13.7. The molecule has 1 aliphatic rings. The summed E-state index contributed by atoms with van der Waals surface area (Å²) in [4.78, 5) is 14.8. The lowest BCUT2D eigenvalue weighted by Gasteiger charge is -2.37. The molecule has 1 aliphatic heterocycles. The summed E-state index contributed by atoms with van der Waals surface area (Å²) in [5, 5.41) is 8.58. The van der Waals surface area contributed by atoms with Gasteiger partial charge in [0.1, 0.15) is 5.60 Å². The Morgan fingerprint density at radius 1 is 1.12 bits per heavy atom. The van der Waals surface area contributed by atoms with Gasteiger partial charge in [-0.1, -0.05) is 0 Å². The van der Waals surface area contributed by atoms with Gasteiger partial charge in [-0.05, 0) is 83.5 Å². The van der Waals surface area contributed by atoms with E-state index in [2.05, 4.69) is 54.3 Å². The fraction of sp³-hybridized carbons (Fsp3) is 0.440. The van der Waals surface area contributed by atoms with Crippen molar-refractivity contribution in [2.45, 2.75) is 59.4 Å². The number of morpholine rings is 1. The first-order valence-electron chi connectivity index (χ1n) is 11.1. The average Bonchev–Trinajstić information content (AvgIpc) is 3.11. The highest BCUT2D eigenvalue weighted by atomic mass is 16.6. The highest BCUT2D eigenvalue weighted by molar-refractivity contribution is 5.90. The Bertz CT molecular complexity index is 1120. The van der Waals surface area contributed by atoms with Gasteiger partial charge in [-0.25, -0.2) is 4.79 Å². The number of aromatic nitrogens is 2. The van der Waals surface area contributed by atoms with Crippen molar-refractivity contribution in [1.82, 2.24) is 9.78 Å². The zero-order valence-electron chi connectivity index (χ0n) is 19.7. The van der Waals surface area contributed by atoms with Gasteiger partial charge in [0, 0.05) is 35.5 Å². The van der Waals surface area contributed by atoms with E-state index in [9.17, 15) is 4.79 Å². The lowest BCUT2D eigenvalue weighted by atomic mass is 10.1. The molecule has 2 atom stereocenters. The predicted octanol–water partition coefficient (Wildman–Crippen LogP) is 5.49. The van der Waals surface area contributed by atoms with Crippen molar-refractivity contribution in [3.05, 3.63) is 48.2 Å². The molecule has 32 heavy (non-hydrogen) atoms. The van der Waals surface area contributed by atoms with Crippen LogP contribution in [0.25, 0.3) is 10.9 Å². The zero-order valence-corrected chi connectivity index (χ0v) is 19.7. The molecule has 7 nitrogen and oxygen atoms in total. The SMILES string of the molecule is Cc1cc(N2CC(C)OC(C)C2)ccc1Nc1ccc2c(cnn2C(=O)OC(C)(C)C)c1. The van der Waals surface area contributed by atoms with Gasteiger partial charge in [-0.3, -0.25) is 0 Å². The molecule has 170 valence electrons. The monoisotopic (exact) mass is 436 g/mol. The first-order chi connectivity index (χ1) is 15.1. The van der Waals surface area contributed by atoms with Crippen LogP contribution < -0.4 is 10.2 Å². The van der Waals surface area contributed by atoms with E-state index >= 15 is 0 Å². The van der Waals surface area contributed by atoms with E-state index in [4.69, 9.17) is 9.47 Å². The molecular formula is C25H32N4O3. The Hall–Kier alpha value is -3.06. The maximum Gasteiger partial charge on any atom is 0.435 e. The molecule has 3 aromatic rings. The minimum Gasteiger partial charge on any atom is -0.442 e. The highest BCUT2D eigenvalue weighted by Crippen LogP contribution is 2.29. The molecule has 0 saturated carbocycles. The number of benzene rings is 2. The third-order valence-corrected chi connectivity index (χ3v) is 5.41. The topological polar surface area (TPSA) is 68.6 Å². The smallest absolute Gasteiger partial charge is 0.435 e. The van der Waals surface area contributed by atoms with Crippen LogP contribution in [0.2, 0.25) is 0 Å². The number of aryl methyl sites for hydroxylation is 1. The fourth-order valence-corrected chi connectivity index (χ4v) is 4.09. The molecule has 0 amide bonds. The van der Waals surface area contributed by atoms with Gasteiger partial charge in [-0.15, -0.1) is 0 Å². The van der Waals surface area contributed by atoms with Gasteiger partial charge in [0.05, 0.1) is 23.9 Å². The highest BCUT2D eigenvalue weighted by Gasteiger charge is 2.23. The van der Waals surface area contributed by atoms with Crippen molar-refractivity contribution in [3.8, 4) is 0 Å². The molecule has 7 heteroatoms. The van der Waals surface area contributed by atoms with Crippen molar-refractivity contribution in [1.29, 1.82) is 0 Å². The number of carbonyl (C=O) groups excluding carboxylic acids is 1. The molecule has 1 saturated heterocycles. The second-order valence-electron chi connectivity index (χ2n) is 9.60. The van der Waals surface area contributed by atoms with Crippen LogP contribution in [-0.4, -0.2) is 46.8 Å². The summed E-state index contributed by atoms with van der Waals surface area (Å²) in [5.41, 5.74) is 4.50. The molecular weight excluding hydrogens is 404 g/mol. The molecule has 0 bridgehead atoms. The molecule has 1 aromatic heterocycles. The number of hydrogen-bond acceptors (Lipinski definition) is 6. The van der Waals surface area contributed by atoms with Crippen LogP contribution >= 0.6 is 0 Å². The Kier molecular flexibility index (Phi) is 5.86. The van der Waals surface area contributed by atoms with E-state index in [0.717, 1.165) is 29.9 Å². The minimum atomic E-state index is -0.572. The summed E-state index contributed by atoms with van der Waals surface area (Å²) in [6.07, 6.45) is 1.66. The number of nitrogens with one attached hydrogen (secondary N) is 1. The maximum atomic E-state index is 12.4. The van der Waals surface area contributed by atoms with E-state index in [0.29, 0.717) is 5.52 Å². The first kappa shape index (κ1) is 22.1. The first-order valence-corrected chi connectivity index (χ1v) is 11.1. The molecule has 4 rings (SSSR count). The van der Waals surface area contributed by atoms with Gasteiger partial charge in [0.15, 0.2) is 0 Å². The Labute approximate surface area is 189 Å². The number of nitrogens with zero attached hydrogens (tertiary/aromatic N) is 3. The van der Waals surface area contributed by atoms with E-state index in [-0.39, 0.29) is 12.2 Å². The average molecular weight is 437 g/mol. The molecule has 1 fully saturated rings. The van der Waals surface area contributed by atoms with Crippen molar-refractivity contribution >= 4 is 34.1 Å². The number of hydrogen-bond donors (Lipinski definition) is 1. The van der Waals surface area contributed by atoms with E-state index in [1.807, 2.05) is 39.0 Å². The second kappa shape index (κ2) is 8.47. The van der Waals surface area contributed by atoms with E-state index < -0.39 is 11.7 Å². The Morgan fingerprint density at radius 2 is 1.84 bits per heavy atom. The van der Waals surface area contributed by atoms with Crippen molar-refractivity contribution in [2.24, 2.45) is 0 Å². The van der Waals surface area contributed by atoms with Gasteiger partial charge in [-0.2, -0.15) is 9.78 Å². The molecule has 0 spiro atoms. The number of carbonyl (C=O) groups is 1. The summed E-state index contributed by atoms with van der Waals surface area (Å²) in [6, 6.07) is 12.3. The number of anilines is 3. The number of ether oxygens (including phenoxy) is 2. The molecule has 1 N–H and O–H groups in total. The predicted molar refractivity (Wildman–Crippen MR) is 128 cm³/mol. The third kappa shape index (κ3) is 4.88. The van der Waals surface area contributed by atoms with Gasteiger partial charge in [0.2, 0.25) is 0 Å². The van der Waals surface area contributed by atoms with Crippen LogP contribution in [0, 0.1) is 6.92 Å². The van der Waals surface area contributed by atoms with Gasteiger partial charge >= 0.3 is 6.09 Å². The van der Waals surface area contributed by atoms with Gasteiger partial charge in [0.25, 0.3) is 0 Å². The zero-order chi connectivity index (χ0) is 23.0. The molecule has 2 unspecified atom stereocenters. The largest absolute Gasteiger partial charge is 0.442 e. The molecule has 0 aliphatic carbocycles.